The number of aryl methyl sites for hydroxylation is 1. The first kappa shape index (κ1) is 12.1. The van der Waals surface area contributed by atoms with Crippen molar-refractivity contribution in [3.05, 3.63) is 11.8 Å². The van der Waals surface area contributed by atoms with E-state index in [-0.39, 0.29) is 0 Å². The highest BCUT2D eigenvalue weighted by atomic mass is 15.3. The third kappa shape index (κ3) is 2.66. The van der Waals surface area contributed by atoms with Gasteiger partial charge in [0.05, 0.1) is 0 Å². The molecular formula is C12H21N5. The zero-order valence-electron chi connectivity index (χ0n) is 10.8. The molecule has 2 atom stereocenters. The van der Waals surface area contributed by atoms with Gasteiger partial charge in [0.1, 0.15) is 5.82 Å². The Morgan fingerprint density at radius 3 is 2.76 bits per heavy atom. The molecule has 0 bridgehead atoms. The zero-order valence-corrected chi connectivity index (χ0v) is 10.8. The molecule has 5 heteroatoms. The second-order valence-corrected chi connectivity index (χ2v) is 5.02. The van der Waals surface area contributed by atoms with E-state index in [2.05, 4.69) is 34.1 Å². The summed E-state index contributed by atoms with van der Waals surface area (Å²) >= 11 is 0. The first-order chi connectivity index (χ1) is 8.10. The highest BCUT2D eigenvalue weighted by Gasteiger charge is 2.23. The number of hydrazine groups is 1. The van der Waals surface area contributed by atoms with Crippen molar-refractivity contribution in [3.8, 4) is 0 Å². The number of hydrogen-bond donors (Lipinski definition) is 2. The number of piperidine rings is 1. The summed E-state index contributed by atoms with van der Waals surface area (Å²) in [5.74, 6) is 8.34. The number of anilines is 2. The number of nitrogens with one attached hydrogen (secondary N) is 1. The van der Waals surface area contributed by atoms with Crippen LogP contribution >= 0.6 is 0 Å². The molecule has 1 aromatic rings. The van der Waals surface area contributed by atoms with Gasteiger partial charge in [-0.05, 0) is 25.2 Å². The van der Waals surface area contributed by atoms with Crippen molar-refractivity contribution in [3.63, 3.8) is 0 Å². The van der Waals surface area contributed by atoms with Crippen LogP contribution in [0.3, 0.4) is 0 Å². The summed E-state index contributed by atoms with van der Waals surface area (Å²) in [6.45, 7) is 8.70. The van der Waals surface area contributed by atoms with Crippen LogP contribution in [-0.4, -0.2) is 23.1 Å². The molecule has 17 heavy (non-hydrogen) atoms. The normalized spacial score (nSPS) is 24.8. The third-order valence-corrected chi connectivity index (χ3v) is 3.63. The van der Waals surface area contributed by atoms with Gasteiger partial charge in [-0.25, -0.2) is 10.8 Å². The SMILES string of the molecule is Cc1cc(N2CCC(C)C(C)C2)nc(NN)n1. The molecule has 1 aliphatic heterocycles. The average Bonchev–Trinajstić information content (AvgIpc) is 2.32. The number of nitrogens with two attached hydrogens (primary N) is 1. The Hall–Kier alpha value is -1.36. The fraction of sp³-hybridized carbons (Fsp3) is 0.667. The quantitative estimate of drug-likeness (QED) is 0.601. The Morgan fingerprint density at radius 1 is 1.35 bits per heavy atom. The van der Waals surface area contributed by atoms with Crippen molar-refractivity contribution >= 4 is 11.8 Å². The molecule has 3 N–H and O–H groups in total. The first-order valence-electron chi connectivity index (χ1n) is 6.17. The van der Waals surface area contributed by atoms with Crippen molar-refractivity contribution in [2.75, 3.05) is 23.4 Å². The lowest BCUT2D eigenvalue weighted by atomic mass is 9.89. The highest BCUT2D eigenvalue weighted by molar-refractivity contribution is 5.44. The van der Waals surface area contributed by atoms with Gasteiger partial charge >= 0.3 is 0 Å². The maximum absolute atomic E-state index is 5.37. The summed E-state index contributed by atoms with van der Waals surface area (Å²) in [7, 11) is 0. The van der Waals surface area contributed by atoms with Crippen molar-refractivity contribution < 1.29 is 0 Å². The molecule has 94 valence electrons. The fourth-order valence-electron chi connectivity index (χ4n) is 2.25. The lowest BCUT2D eigenvalue weighted by molar-refractivity contribution is 0.323. The van der Waals surface area contributed by atoms with E-state index in [1.807, 2.05) is 13.0 Å². The Morgan fingerprint density at radius 2 is 2.12 bits per heavy atom. The highest BCUT2D eigenvalue weighted by Crippen LogP contribution is 2.26. The Balaban J connectivity index is 2.19. The van der Waals surface area contributed by atoms with Gasteiger partial charge in [0.15, 0.2) is 0 Å². The Labute approximate surface area is 102 Å². The van der Waals surface area contributed by atoms with Crippen LogP contribution in [0.1, 0.15) is 26.0 Å². The molecule has 0 aliphatic carbocycles. The van der Waals surface area contributed by atoms with Gasteiger partial charge in [0.25, 0.3) is 0 Å². The topological polar surface area (TPSA) is 67.1 Å². The van der Waals surface area contributed by atoms with Crippen molar-refractivity contribution in [1.82, 2.24) is 9.97 Å². The minimum absolute atomic E-state index is 0.492. The van der Waals surface area contributed by atoms with Gasteiger partial charge in [0, 0.05) is 24.8 Å². The molecule has 0 aromatic carbocycles. The molecule has 1 fully saturated rings. The van der Waals surface area contributed by atoms with Crippen LogP contribution in [-0.2, 0) is 0 Å². The standard InChI is InChI=1S/C12H21N5/c1-8-4-5-17(7-9(8)2)11-6-10(3)14-12(15-11)16-13/h6,8-9H,4-5,7,13H2,1-3H3,(H,14,15,16). The lowest BCUT2D eigenvalue weighted by Gasteiger charge is -2.36. The van der Waals surface area contributed by atoms with Gasteiger partial charge < -0.3 is 4.90 Å². The molecule has 0 spiro atoms. The van der Waals surface area contributed by atoms with Crippen LogP contribution in [0.2, 0.25) is 0 Å². The lowest BCUT2D eigenvalue weighted by Crippen LogP contribution is -2.39. The minimum atomic E-state index is 0.492. The number of nitrogen functional groups attached to an aromatic ring is 1. The first-order valence-corrected chi connectivity index (χ1v) is 6.17. The Bertz CT molecular complexity index is 392. The predicted molar refractivity (Wildman–Crippen MR) is 69.7 cm³/mol. The van der Waals surface area contributed by atoms with E-state index in [0.717, 1.165) is 30.5 Å². The van der Waals surface area contributed by atoms with Crippen molar-refractivity contribution in [2.24, 2.45) is 17.7 Å². The van der Waals surface area contributed by atoms with Crippen LogP contribution in [0.15, 0.2) is 6.07 Å². The van der Waals surface area contributed by atoms with Gasteiger partial charge in [-0.3, -0.25) is 5.43 Å². The van der Waals surface area contributed by atoms with Gasteiger partial charge in [-0.1, -0.05) is 13.8 Å². The number of rotatable bonds is 2. The Kier molecular flexibility index (Phi) is 3.47. The summed E-state index contributed by atoms with van der Waals surface area (Å²) in [6.07, 6.45) is 1.22. The van der Waals surface area contributed by atoms with Crippen LogP contribution in [0.4, 0.5) is 11.8 Å². The van der Waals surface area contributed by atoms with Crippen LogP contribution in [0.25, 0.3) is 0 Å². The monoisotopic (exact) mass is 235 g/mol. The summed E-state index contributed by atoms with van der Waals surface area (Å²) in [4.78, 5) is 10.9. The molecule has 0 radical (unpaired) electrons. The van der Waals surface area contributed by atoms with E-state index < -0.39 is 0 Å². The molecule has 1 saturated heterocycles. The number of nitrogens with zero attached hydrogens (tertiary/aromatic N) is 3. The predicted octanol–water partition coefficient (Wildman–Crippen LogP) is 1.55. The van der Waals surface area contributed by atoms with Gasteiger partial charge in [-0.15, -0.1) is 0 Å². The van der Waals surface area contributed by atoms with E-state index in [1.54, 1.807) is 0 Å². The van der Waals surface area contributed by atoms with Gasteiger partial charge in [-0.2, -0.15) is 4.98 Å². The van der Waals surface area contributed by atoms with E-state index in [4.69, 9.17) is 5.84 Å². The van der Waals surface area contributed by atoms with Crippen LogP contribution in [0, 0.1) is 18.8 Å². The largest absolute Gasteiger partial charge is 0.356 e. The molecule has 1 aliphatic rings. The van der Waals surface area contributed by atoms with Gasteiger partial charge in [0.2, 0.25) is 5.95 Å². The van der Waals surface area contributed by atoms with Crippen molar-refractivity contribution in [2.45, 2.75) is 27.2 Å². The maximum Gasteiger partial charge on any atom is 0.239 e. The van der Waals surface area contributed by atoms with Crippen molar-refractivity contribution in [1.29, 1.82) is 0 Å². The third-order valence-electron chi connectivity index (χ3n) is 3.63. The summed E-state index contributed by atoms with van der Waals surface area (Å²) in [5.41, 5.74) is 3.46. The number of hydrogen-bond acceptors (Lipinski definition) is 5. The maximum atomic E-state index is 5.37. The van der Waals surface area contributed by atoms with Crippen LogP contribution < -0.4 is 16.2 Å². The second-order valence-electron chi connectivity index (χ2n) is 5.02. The smallest absolute Gasteiger partial charge is 0.239 e. The zero-order chi connectivity index (χ0) is 12.4. The molecule has 0 saturated carbocycles. The average molecular weight is 235 g/mol. The van der Waals surface area contributed by atoms with E-state index >= 15 is 0 Å². The fourth-order valence-corrected chi connectivity index (χ4v) is 2.25. The molecule has 0 amide bonds. The molecule has 2 rings (SSSR count). The summed E-state index contributed by atoms with van der Waals surface area (Å²) in [6, 6.07) is 2.02. The molecular weight excluding hydrogens is 214 g/mol. The molecule has 2 unspecified atom stereocenters. The van der Waals surface area contributed by atoms with E-state index in [1.165, 1.54) is 6.42 Å². The number of aromatic nitrogens is 2. The minimum Gasteiger partial charge on any atom is -0.356 e. The van der Waals surface area contributed by atoms with E-state index in [9.17, 15) is 0 Å². The summed E-state index contributed by atoms with van der Waals surface area (Å²) < 4.78 is 0. The molecule has 5 nitrogen and oxygen atoms in total. The van der Waals surface area contributed by atoms with E-state index in [0.29, 0.717) is 11.9 Å². The molecule has 1 aromatic heterocycles. The second kappa shape index (κ2) is 4.87. The molecule has 2 heterocycles. The van der Waals surface area contributed by atoms with Crippen LogP contribution in [0.5, 0.6) is 0 Å². The summed E-state index contributed by atoms with van der Waals surface area (Å²) in [5, 5.41) is 0.